The summed E-state index contributed by atoms with van der Waals surface area (Å²) in [5, 5.41) is 22.2. The maximum atomic E-state index is 14.9. The number of hydrogen-bond acceptors (Lipinski definition) is 12. The monoisotopic (exact) mass is 1080 g/mol. The van der Waals surface area contributed by atoms with E-state index in [1.165, 1.54) is 91.7 Å². The molecule has 434 valence electrons. The van der Waals surface area contributed by atoms with E-state index in [1.54, 1.807) is 48.5 Å². The van der Waals surface area contributed by atoms with Crippen LogP contribution in [0, 0.1) is 29.6 Å². The Morgan fingerprint density at radius 2 is 0.895 bits per heavy atom. The summed E-state index contributed by atoms with van der Waals surface area (Å²) in [6.45, 7) is 24.3. The maximum absolute atomic E-state index is 14.9. The molecule has 1 aliphatic rings. The number of nitrogens with one attached hydrogen (secondary N) is 4. The van der Waals surface area contributed by atoms with Crippen molar-refractivity contribution < 1.29 is 57.8 Å². The van der Waals surface area contributed by atoms with E-state index in [2.05, 4.69) is 21.3 Å². The molecule has 0 unspecified atom stereocenters. The average Bonchev–Trinajstić information content (AvgIpc) is 3.34. The van der Waals surface area contributed by atoms with Gasteiger partial charge in [-0.15, -0.1) is 0 Å². The van der Waals surface area contributed by atoms with Gasteiger partial charge >= 0.3 is 0 Å². The van der Waals surface area contributed by atoms with Crippen LogP contribution in [-0.4, -0.2) is 227 Å². The molecule has 1 fully saturated rings. The van der Waals surface area contributed by atoms with E-state index in [-0.39, 0.29) is 31.1 Å². The van der Waals surface area contributed by atoms with Crippen molar-refractivity contribution in [2.75, 3.05) is 55.9 Å². The van der Waals surface area contributed by atoms with Gasteiger partial charge in [0.15, 0.2) is 0 Å². The molecule has 76 heavy (non-hydrogen) atoms. The van der Waals surface area contributed by atoms with Gasteiger partial charge in [0.1, 0.15) is 60.4 Å². The van der Waals surface area contributed by atoms with Gasteiger partial charge in [-0.3, -0.25) is 52.7 Å². The zero-order chi connectivity index (χ0) is 59.3. The zero-order valence-corrected chi connectivity index (χ0v) is 49.6. The third-order valence-corrected chi connectivity index (χ3v) is 14.4. The van der Waals surface area contributed by atoms with E-state index >= 15 is 0 Å². The summed E-state index contributed by atoms with van der Waals surface area (Å²) < 4.78 is 0. The van der Waals surface area contributed by atoms with Crippen LogP contribution in [0.15, 0.2) is 0 Å². The Kier molecular flexibility index (Phi) is 26.5. The molecule has 1 aliphatic heterocycles. The third kappa shape index (κ3) is 17.6. The van der Waals surface area contributed by atoms with Crippen LogP contribution < -0.4 is 21.3 Å². The van der Waals surface area contributed by atoms with Crippen LogP contribution in [-0.2, 0) is 52.7 Å². The molecule has 23 nitrogen and oxygen atoms in total. The van der Waals surface area contributed by atoms with E-state index < -0.39 is 156 Å². The van der Waals surface area contributed by atoms with Crippen LogP contribution in [0.2, 0.25) is 0 Å². The smallest absolute Gasteiger partial charge is 0.246 e. The summed E-state index contributed by atoms with van der Waals surface area (Å²) in [4.78, 5) is 163. The second-order valence-corrected chi connectivity index (χ2v) is 22.6. The van der Waals surface area contributed by atoms with E-state index in [4.69, 9.17) is 0 Å². The quantitative estimate of drug-likeness (QED) is 0.208. The average molecular weight is 1080 g/mol. The molecule has 0 aromatic rings. The predicted octanol–water partition coefficient (Wildman–Crippen LogP) is 0.270. The first-order valence-corrected chi connectivity index (χ1v) is 26.6. The fourth-order valence-electron chi connectivity index (χ4n) is 8.95. The summed E-state index contributed by atoms with van der Waals surface area (Å²) in [6.07, 6.45) is -1.12. The Labute approximate surface area is 452 Å². The van der Waals surface area contributed by atoms with Gasteiger partial charge in [-0.1, -0.05) is 76.2 Å². The summed E-state index contributed by atoms with van der Waals surface area (Å²) in [7, 11) is 9.67. The van der Waals surface area contributed by atoms with Crippen LogP contribution in [0.25, 0.3) is 0 Å². The Hall–Kier alpha value is -5.87. The molecule has 1 heterocycles. The van der Waals surface area contributed by atoms with Crippen molar-refractivity contribution in [1.82, 2.24) is 55.6 Å². The molecule has 11 amide bonds. The lowest BCUT2D eigenvalue weighted by atomic mass is 9.93. The molecule has 0 radical (unpaired) electrons. The number of nitrogens with zero attached hydrogens (tertiary/aromatic N) is 7. The molecular weight excluding hydrogens is 983 g/mol. The minimum absolute atomic E-state index is 0.0314. The zero-order valence-electron chi connectivity index (χ0n) is 49.6. The summed E-state index contributed by atoms with van der Waals surface area (Å²) in [5.74, 6) is -9.56. The molecule has 0 spiro atoms. The first-order valence-electron chi connectivity index (χ1n) is 26.6. The maximum Gasteiger partial charge on any atom is 0.246 e. The topological polar surface area (TPSA) is 279 Å². The molecule has 11 atom stereocenters. The van der Waals surface area contributed by atoms with Crippen LogP contribution in [0.5, 0.6) is 0 Å². The Balaban J connectivity index is 4.08. The molecule has 0 aromatic carbocycles. The molecule has 0 bridgehead atoms. The molecule has 5 N–H and O–H groups in total. The second-order valence-electron chi connectivity index (χ2n) is 22.6. The van der Waals surface area contributed by atoms with Gasteiger partial charge in [-0.25, -0.2) is 0 Å². The SMILES string of the molecule is CC[C@@H]1NC(=O)[C@H]([C@H](O)C(C)C)N(C)C(=O)[C@H](C(C)C)N(C)C(=O)[C@H](CC(C)C)N(C)C(=O)[C@H](CC(C)C)N(C)C(=O)[C@@H](C)NC(=O)[C@H](C)NC(=O)[C@H](C)N(C)C(=O)[C@H](C(C)C)NC(=O)[C@H](C)N(C)C(=O)CN(C)C1=O. The minimum atomic E-state index is -1.58. The van der Waals surface area contributed by atoms with Crippen molar-refractivity contribution in [1.29, 1.82) is 0 Å². The molecule has 0 aliphatic carbocycles. The number of amides is 11. The highest BCUT2D eigenvalue weighted by atomic mass is 16.3. The Morgan fingerprint density at radius 3 is 1.34 bits per heavy atom. The largest absolute Gasteiger partial charge is 0.390 e. The van der Waals surface area contributed by atoms with Crippen LogP contribution >= 0.6 is 0 Å². The number of hydrogen-bond donors (Lipinski definition) is 5. The van der Waals surface area contributed by atoms with E-state index in [0.717, 1.165) is 19.6 Å². The lowest BCUT2D eigenvalue weighted by molar-refractivity contribution is -0.157. The molecular formula is C53H95N11O12. The van der Waals surface area contributed by atoms with E-state index in [9.17, 15) is 57.8 Å². The van der Waals surface area contributed by atoms with Crippen molar-refractivity contribution in [3.63, 3.8) is 0 Å². The highest BCUT2D eigenvalue weighted by Gasteiger charge is 2.45. The standard InChI is InChI=1S/C53H95N11O12/c1-23-36-49(72)58(16)26-39(65)59(17)34(14)46(69)57-40(29(6)7)52(75)60(18)35(15)45(68)54-32(12)44(67)55-33(13)48(71)61(19)37(24-27(2)3)50(73)62(20)38(25-28(4)5)51(74)63(21)41(30(8)9)53(76)64(22)42(47(70)56-36)43(66)31(10)11/h27-38,40-43,66H,23-26H2,1-22H3,(H,54,68)(H,55,67)(H,56,70)(H,57,69)/t32-,33+,34-,35-,36-,37-,38-,40-,41-,42-,43+/m0/s1. The number of carbonyl (C=O) groups is 11. The fraction of sp³-hybridized carbons (Fsp3) is 0.792. The lowest BCUT2D eigenvalue weighted by Crippen LogP contribution is -2.63. The number of rotatable bonds is 9. The van der Waals surface area contributed by atoms with Crippen molar-refractivity contribution in [3.8, 4) is 0 Å². The van der Waals surface area contributed by atoms with Gasteiger partial charge in [0.25, 0.3) is 0 Å². The Morgan fingerprint density at radius 1 is 0.461 bits per heavy atom. The molecule has 0 aromatic heterocycles. The number of carbonyl (C=O) groups excluding carboxylic acids is 11. The lowest BCUT2D eigenvalue weighted by Gasteiger charge is -2.41. The van der Waals surface area contributed by atoms with Gasteiger partial charge in [0.2, 0.25) is 65.0 Å². The van der Waals surface area contributed by atoms with Crippen molar-refractivity contribution in [2.45, 2.75) is 190 Å². The van der Waals surface area contributed by atoms with Crippen LogP contribution in [0.1, 0.15) is 123 Å². The van der Waals surface area contributed by atoms with Crippen LogP contribution in [0.4, 0.5) is 0 Å². The normalized spacial score (nSPS) is 28.1. The van der Waals surface area contributed by atoms with Crippen molar-refractivity contribution in [3.05, 3.63) is 0 Å². The summed E-state index contributed by atoms with van der Waals surface area (Å²) in [6, 6.07) is -12.2. The van der Waals surface area contributed by atoms with Gasteiger partial charge in [0.05, 0.1) is 12.6 Å². The minimum Gasteiger partial charge on any atom is -0.390 e. The van der Waals surface area contributed by atoms with Gasteiger partial charge in [-0.05, 0) is 76.5 Å². The molecule has 1 rings (SSSR count). The van der Waals surface area contributed by atoms with Gasteiger partial charge in [0, 0.05) is 49.3 Å². The van der Waals surface area contributed by atoms with Gasteiger partial charge < -0.3 is 60.7 Å². The highest BCUT2D eigenvalue weighted by molar-refractivity contribution is 5.99. The number of aliphatic hydroxyl groups excluding tert-OH is 1. The fourth-order valence-corrected chi connectivity index (χ4v) is 8.95. The molecule has 23 heteroatoms. The number of likely N-dealkylation sites (N-methyl/N-ethyl adjacent to an activating group) is 7. The van der Waals surface area contributed by atoms with E-state index in [1.807, 2.05) is 27.7 Å². The Bertz CT molecular complexity index is 2080. The third-order valence-electron chi connectivity index (χ3n) is 14.4. The van der Waals surface area contributed by atoms with Gasteiger partial charge in [-0.2, -0.15) is 0 Å². The van der Waals surface area contributed by atoms with Crippen molar-refractivity contribution in [2.24, 2.45) is 29.6 Å². The van der Waals surface area contributed by atoms with E-state index in [0.29, 0.717) is 0 Å². The first-order chi connectivity index (χ1) is 34.9. The highest BCUT2D eigenvalue weighted by Crippen LogP contribution is 2.24. The van der Waals surface area contributed by atoms with Crippen LogP contribution in [0.3, 0.4) is 0 Å². The number of aliphatic hydroxyl groups is 1. The molecule has 0 saturated carbocycles. The first kappa shape index (κ1) is 68.1. The second kappa shape index (κ2) is 29.6. The molecule has 1 saturated heterocycles. The predicted molar refractivity (Wildman–Crippen MR) is 287 cm³/mol. The summed E-state index contributed by atoms with van der Waals surface area (Å²) >= 11 is 0. The van der Waals surface area contributed by atoms with Crippen molar-refractivity contribution >= 4 is 65.0 Å². The summed E-state index contributed by atoms with van der Waals surface area (Å²) in [5.41, 5.74) is 0.